The summed E-state index contributed by atoms with van der Waals surface area (Å²) in [5.74, 6) is -3.84. The summed E-state index contributed by atoms with van der Waals surface area (Å²) in [6.07, 6.45) is 4.31. The molecule has 0 radical (unpaired) electrons. The van der Waals surface area contributed by atoms with Gasteiger partial charge < -0.3 is 20.6 Å². The lowest BCUT2D eigenvalue weighted by Crippen LogP contribution is -2.72. The highest BCUT2D eigenvalue weighted by molar-refractivity contribution is 5.98. The van der Waals surface area contributed by atoms with Crippen LogP contribution in [0.5, 0.6) is 0 Å². The maximum atomic E-state index is 14.3. The molecule has 3 amide bonds. The number of amides is 3. The van der Waals surface area contributed by atoms with Crippen molar-refractivity contribution in [2.75, 3.05) is 32.0 Å². The van der Waals surface area contributed by atoms with Crippen LogP contribution in [0.3, 0.4) is 0 Å². The minimum Gasteiger partial charge on any atom is -0.384 e. The van der Waals surface area contributed by atoms with Crippen LogP contribution in [0.15, 0.2) is 24.3 Å². The maximum absolute atomic E-state index is 14.3. The second-order valence-corrected chi connectivity index (χ2v) is 13.5. The van der Waals surface area contributed by atoms with Gasteiger partial charge in [0.2, 0.25) is 17.5 Å². The number of hydrogen-bond donors (Lipinski definition) is 3. The zero-order valence-corrected chi connectivity index (χ0v) is 24.5. The molecule has 41 heavy (non-hydrogen) atoms. The van der Waals surface area contributed by atoms with Crippen molar-refractivity contribution in [3.63, 3.8) is 0 Å². The molecule has 0 saturated carbocycles. The predicted molar refractivity (Wildman–Crippen MR) is 152 cm³/mol. The van der Waals surface area contributed by atoms with Gasteiger partial charge in [0, 0.05) is 43.2 Å². The van der Waals surface area contributed by atoms with Gasteiger partial charge in [0.15, 0.2) is 0 Å². The van der Waals surface area contributed by atoms with Crippen LogP contribution in [0.2, 0.25) is 0 Å². The van der Waals surface area contributed by atoms with E-state index < -0.39 is 41.5 Å². The Hall–Kier alpha value is -2.95. The number of likely N-dealkylation sites (N-methyl/N-ethyl adjacent to an activating group) is 1. The molecule has 7 rings (SSSR count). The highest BCUT2D eigenvalue weighted by atomic mass is 16.7. The van der Waals surface area contributed by atoms with E-state index in [2.05, 4.69) is 46.9 Å². The first-order chi connectivity index (χ1) is 19.5. The number of fused-ring (bicyclic) bond motifs is 5. The number of rotatable bonds is 4. The van der Waals surface area contributed by atoms with Gasteiger partial charge in [-0.25, -0.2) is 0 Å². The Morgan fingerprint density at radius 2 is 2.00 bits per heavy atom. The van der Waals surface area contributed by atoms with E-state index in [1.54, 1.807) is 4.90 Å². The molecule has 0 spiro atoms. The number of carbonyl (C=O) groups is 3. The third kappa shape index (κ3) is 3.56. The molecule has 5 heterocycles. The molecule has 0 aromatic heterocycles. The number of piperazine rings is 1. The van der Waals surface area contributed by atoms with Crippen molar-refractivity contribution in [2.24, 2.45) is 17.8 Å². The standard InChI is InChI=1S/C31H41N5O5/c1-16(2)26-28(38)35-11-7-10-24(35)31(40)36(26)29(39)30(41-31,17(3)4)33-27(37)19-12-21-20-8-6-9-22-25(20)18(14-32-22)13-23(21)34(5)15-19/h6,8-9,12,16-19,23-24,26,32,40H,7,10-11,13-15H2,1-5H3,(H,33,37)/t18-,19+,23-,24-,26+,30-,31+/m0/s1. The molecule has 0 bridgehead atoms. The Morgan fingerprint density at radius 1 is 1.22 bits per heavy atom. The number of anilines is 1. The van der Waals surface area contributed by atoms with E-state index in [-0.39, 0.29) is 23.8 Å². The quantitative estimate of drug-likeness (QED) is 0.513. The molecular weight excluding hydrogens is 522 g/mol. The molecule has 3 saturated heterocycles. The normalized spacial score (nSPS) is 37.6. The van der Waals surface area contributed by atoms with E-state index in [1.165, 1.54) is 21.7 Å². The smallest absolute Gasteiger partial charge is 0.281 e. The van der Waals surface area contributed by atoms with E-state index in [0.717, 1.165) is 25.0 Å². The summed E-state index contributed by atoms with van der Waals surface area (Å²) in [5, 5.41) is 18.6. The second-order valence-electron chi connectivity index (χ2n) is 13.5. The van der Waals surface area contributed by atoms with Crippen LogP contribution in [-0.4, -0.2) is 94.0 Å². The summed E-state index contributed by atoms with van der Waals surface area (Å²) >= 11 is 0. The van der Waals surface area contributed by atoms with Gasteiger partial charge in [-0.2, -0.15) is 0 Å². The summed E-state index contributed by atoms with van der Waals surface area (Å²) in [4.78, 5) is 47.1. The lowest BCUT2D eigenvalue weighted by molar-refractivity contribution is -0.323. The molecule has 1 aliphatic carbocycles. The summed E-state index contributed by atoms with van der Waals surface area (Å²) < 4.78 is 6.41. The highest BCUT2D eigenvalue weighted by Gasteiger charge is 2.72. The Kier molecular flexibility index (Phi) is 5.92. The van der Waals surface area contributed by atoms with E-state index in [4.69, 9.17) is 4.74 Å². The van der Waals surface area contributed by atoms with E-state index in [9.17, 15) is 19.5 Å². The largest absolute Gasteiger partial charge is 0.384 e. The number of benzene rings is 1. The Morgan fingerprint density at radius 3 is 2.73 bits per heavy atom. The topological polar surface area (TPSA) is 114 Å². The van der Waals surface area contributed by atoms with Crippen LogP contribution < -0.4 is 10.6 Å². The summed E-state index contributed by atoms with van der Waals surface area (Å²) in [6.45, 7) is 9.31. The minimum atomic E-state index is -2.00. The molecule has 5 aliphatic heterocycles. The van der Waals surface area contributed by atoms with Gasteiger partial charge >= 0.3 is 0 Å². The van der Waals surface area contributed by atoms with Gasteiger partial charge in [0.25, 0.3) is 11.8 Å². The third-order valence-electron chi connectivity index (χ3n) is 10.4. The van der Waals surface area contributed by atoms with Crippen molar-refractivity contribution in [3.8, 4) is 0 Å². The number of ether oxygens (including phenoxy) is 1. The first-order valence-corrected chi connectivity index (χ1v) is 15.2. The van der Waals surface area contributed by atoms with Crippen molar-refractivity contribution in [2.45, 2.75) is 82.6 Å². The van der Waals surface area contributed by atoms with Crippen LogP contribution in [-0.2, 0) is 19.1 Å². The van der Waals surface area contributed by atoms with Gasteiger partial charge in [0.05, 0.1) is 5.92 Å². The fourth-order valence-electron chi connectivity index (χ4n) is 8.36. The van der Waals surface area contributed by atoms with Crippen LogP contribution in [0, 0.1) is 17.8 Å². The maximum Gasteiger partial charge on any atom is 0.281 e. The monoisotopic (exact) mass is 563 g/mol. The van der Waals surface area contributed by atoms with Crippen molar-refractivity contribution in [1.82, 2.24) is 20.0 Å². The SMILES string of the molecule is CC(C)[C@@H]1C(=O)N2CCC[C@H]2[C@@]2(O)O[C@@](NC(=O)[C@@H]3C=C4c5cccc6c5[C@H](CN6)C[C@@H]4N(C)C3)(C(C)C)C(=O)N12. The fourth-order valence-corrected chi connectivity index (χ4v) is 8.36. The number of nitrogens with one attached hydrogen (secondary N) is 2. The second kappa shape index (κ2) is 9.02. The van der Waals surface area contributed by atoms with Gasteiger partial charge in [-0.15, -0.1) is 0 Å². The average Bonchev–Trinajstić information content (AvgIpc) is 3.64. The van der Waals surface area contributed by atoms with Crippen LogP contribution in [0.4, 0.5) is 5.69 Å². The molecule has 0 unspecified atom stereocenters. The number of nitrogens with zero attached hydrogens (tertiary/aromatic N) is 3. The van der Waals surface area contributed by atoms with Crippen molar-refractivity contribution >= 4 is 29.0 Å². The lowest BCUT2D eigenvalue weighted by Gasteiger charge is -2.49. The first-order valence-electron chi connectivity index (χ1n) is 15.2. The molecule has 220 valence electrons. The van der Waals surface area contributed by atoms with Crippen molar-refractivity contribution in [1.29, 1.82) is 0 Å². The predicted octanol–water partition coefficient (Wildman–Crippen LogP) is 1.92. The van der Waals surface area contributed by atoms with Crippen LogP contribution in [0.1, 0.15) is 64.0 Å². The lowest BCUT2D eigenvalue weighted by atomic mass is 9.74. The summed E-state index contributed by atoms with van der Waals surface area (Å²) in [5.41, 5.74) is 3.06. The van der Waals surface area contributed by atoms with Gasteiger partial charge in [0.1, 0.15) is 12.1 Å². The van der Waals surface area contributed by atoms with Gasteiger partial charge in [-0.3, -0.25) is 28.9 Å². The average molecular weight is 564 g/mol. The number of carbonyl (C=O) groups excluding carboxylic acids is 3. The molecule has 10 nitrogen and oxygen atoms in total. The Labute approximate surface area is 241 Å². The summed E-state index contributed by atoms with van der Waals surface area (Å²) in [7, 11) is 2.06. The molecular formula is C31H41N5O5. The Bertz CT molecular complexity index is 1360. The number of hydrogen-bond acceptors (Lipinski definition) is 7. The molecule has 6 aliphatic rings. The first kappa shape index (κ1) is 26.9. The van der Waals surface area contributed by atoms with E-state index in [1.807, 2.05) is 27.7 Å². The van der Waals surface area contributed by atoms with Crippen LogP contribution in [0.25, 0.3) is 5.57 Å². The molecule has 1 aromatic rings. The van der Waals surface area contributed by atoms with Crippen LogP contribution >= 0.6 is 0 Å². The van der Waals surface area contributed by atoms with Gasteiger partial charge in [-0.1, -0.05) is 45.9 Å². The highest BCUT2D eigenvalue weighted by Crippen LogP contribution is 2.50. The van der Waals surface area contributed by atoms with Gasteiger partial charge in [-0.05, 0) is 55.0 Å². The third-order valence-corrected chi connectivity index (χ3v) is 10.4. The van der Waals surface area contributed by atoms with Crippen molar-refractivity contribution < 1.29 is 24.2 Å². The van der Waals surface area contributed by atoms with Crippen molar-refractivity contribution in [3.05, 3.63) is 35.4 Å². The fraction of sp³-hybridized carbons (Fsp3) is 0.645. The summed E-state index contributed by atoms with van der Waals surface area (Å²) in [6, 6.07) is 5.01. The Balaban J connectivity index is 1.24. The van der Waals surface area contributed by atoms with E-state index in [0.29, 0.717) is 25.4 Å². The zero-order chi connectivity index (χ0) is 29.0. The molecule has 3 fully saturated rings. The zero-order valence-electron chi connectivity index (χ0n) is 24.5. The molecule has 3 N–H and O–H groups in total. The minimum absolute atomic E-state index is 0.167. The van der Waals surface area contributed by atoms with E-state index >= 15 is 0 Å². The molecule has 7 atom stereocenters. The molecule has 1 aromatic carbocycles. The molecule has 10 heteroatoms. The number of aliphatic hydroxyl groups is 1.